The topological polar surface area (TPSA) is 27.8 Å². The molecule has 5 heteroatoms. The molecule has 0 atom stereocenters. The van der Waals surface area contributed by atoms with Crippen LogP contribution in [-0.4, -0.2) is 4.57 Å². The van der Waals surface area contributed by atoms with Crippen LogP contribution < -0.4 is 14.7 Å². The van der Waals surface area contributed by atoms with E-state index in [0.29, 0.717) is 0 Å². The van der Waals surface area contributed by atoms with Crippen LogP contribution in [0.1, 0.15) is 0 Å². The first-order chi connectivity index (χ1) is 36.2. The number of hydrogen-bond donors (Lipinski definition) is 0. The van der Waals surface area contributed by atoms with E-state index in [0.717, 1.165) is 101 Å². The smallest absolute Gasteiger partial charge is 0.143 e. The van der Waals surface area contributed by atoms with Gasteiger partial charge in [0.25, 0.3) is 0 Å². The van der Waals surface area contributed by atoms with E-state index in [2.05, 4.69) is 292 Å². The largest absolute Gasteiger partial charge is 0.455 e. The van der Waals surface area contributed by atoms with Crippen LogP contribution in [0.4, 0.5) is 51.2 Å². The summed E-state index contributed by atoms with van der Waals surface area (Å²) < 4.78 is 9.12. The Morgan fingerprint density at radius 3 is 1.18 bits per heavy atom. The molecule has 0 saturated carbocycles. The minimum absolute atomic E-state index is 0.884. The van der Waals surface area contributed by atoms with Gasteiger partial charge >= 0.3 is 0 Å². The van der Waals surface area contributed by atoms with Crippen molar-refractivity contribution in [3.05, 3.63) is 279 Å². The molecule has 73 heavy (non-hydrogen) atoms. The molecular formula is C68H46N4O. The highest BCUT2D eigenvalue weighted by Crippen LogP contribution is 2.47. The lowest BCUT2D eigenvalue weighted by Gasteiger charge is -2.31. The number of furan rings is 1. The van der Waals surface area contributed by atoms with E-state index in [-0.39, 0.29) is 0 Å². The van der Waals surface area contributed by atoms with Crippen molar-refractivity contribution in [2.75, 3.05) is 14.7 Å². The van der Waals surface area contributed by atoms with Crippen LogP contribution >= 0.6 is 0 Å². The summed E-state index contributed by atoms with van der Waals surface area (Å²) in [7, 11) is 0. The van der Waals surface area contributed by atoms with Crippen LogP contribution in [0, 0.1) is 0 Å². The number of fused-ring (bicyclic) bond motifs is 11. The molecule has 344 valence electrons. The van der Waals surface area contributed by atoms with Gasteiger partial charge in [0.15, 0.2) is 0 Å². The van der Waals surface area contributed by atoms with Gasteiger partial charge in [-0.1, -0.05) is 164 Å². The average molecular weight is 935 g/mol. The van der Waals surface area contributed by atoms with Crippen LogP contribution in [0.15, 0.2) is 283 Å². The fourth-order valence-electron chi connectivity index (χ4n) is 11.1. The molecule has 2 heterocycles. The second-order valence-corrected chi connectivity index (χ2v) is 18.5. The van der Waals surface area contributed by atoms with Crippen molar-refractivity contribution < 1.29 is 4.42 Å². The molecule has 0 aliphatic rings. The minimum Gasteiger partial charge on any atom is -0.455 e. The summed E-state index contributed by atoms with van der Waals surface area (Å²) in [6.07, 6.45) is 0. The van der Waals surface area contributed by atoms with Crippen LogP contribution in [-0.2, 0) is 0 Å². The Kier molecular flexibility index (Phi) is 10.1. The van der Waals surface area contributed by atoms with E-state index < -0.39 is 0 Å². The zero-order valence-corrected chi connectivity index (χ0v) is 39.8. The standard InChI is InChI=1S/C68H46N4O/c1-5-22-47(23-6-1)69(48-24-7-2-8-25-48)54-43-55(45-56(44-54)72-64-37-18-15-33-59(64)60-34-16-19-38-65(60)72)71(50-28-11-4-12-29-50)52-31-21-30-51(42-52)70(49-26-9-3-10-27-49)53-40-41-58-57-32-13-14-35-61(57)68-67(63(58)46-53)62-36-17-20-39-66(62)73-68/h1-46H. The highest BCUT2D eigenvalue weighted by atomic mass is 16.3. The van der Waals surface area contributed by atoms with Crippen molar-refractivity contribution in [2.24, 2.45) is 0 Å². The molecule has 0 spiro atoms. The van der Waals surface area contributed by atoms with Gasteiger partial charge in [-0.25, -0.2) is 0 Å². The maximum absolute atomic E-state index is 6.69. The summed E-state index contributed by atoms with van der Waals surface area (Å²) >= 11 is 0. The van der Waals surface area contributed by atoms with Gasteiger partial charge in [-0.05, 0) is 131 Å². The first-order valence-electron chi connectivity index (χ1n) is 24.8. The molecule has 14 aromatic rings. The van der Waals surface area contributed by atoms with Crippen molar-refractivity contribution in [1.29, 1.82) is 0 Å². The minimum atomic E-state index is 0.884. The Balaban J connectivity index is 1.01. The number of hydrogen-bond acceptors (Lipinski definition) is 4. The van der Waals surface area contributed by atoms with Crippen LogP contribution in [0.5, 0.6) is 0 Å². The monoisotopic (exact) mass is 934 g/mol. The third-order valence-corrected chi connectivity index (χ3v) is 14.2. The fourth-order valence-corrected chi connectivity index (χ4v) is 11.1. The van der Waals surface area contributed by atoms with Crippen molar-refractivity contribution >= 4 is 116 Å². The second-order valence-electron chi connectivity index (χ2n) is 18.5. The van der Waals surface area contributed by atoms with E-state index in [1.165, 1.54) is 21.5 Å². The van der Waals surface area contributed by atoms with Gasteiger partial charge in [-0.15, -0.1) is 0 Å². The summed E-state index contributed by atoms with van der Waals surface area (Å²) in [5, 5.41) is 9.28. The highest BCUT2D eigenvalue weighted by Gasteiger charge is 2.24. The molecule has 0 fully saturated rings. The lowest BCUT2D eigenvalue weighted by atomic mass is 9.96. The molecular weight excluding hydrogens is 889 g/mol. The first kappa shape index (κ1) is 42.1. The quantitative estimate of drug-likeness (QED) is 0.128. The molecule has 0 aliphatic carbocycles. The van der Waals surface area contributed by atoms with Gasteiger partial charge in [0.1, 0.15) is 11.2 Å². The van der Waals surface area contributed by atoms with Gasteiger partial charge in [0.2, 0.25) is 0 Å². The van der Waals surface area contributed by atoms with Crippen molar-refractivity contribution in [2.45, 2.75) is 0 Å². The Morgan fingerprint density at radius 2 is 0.630 bits per heavy atom. The summed E-state index contributed by atoms with van der Waals surface area (Å²) in [6, 6.07) is 100. The number of rotatable bonds is 10. The van der Waals surface area contributed by atoms with E-state index >= 15 is 0 Å². The Labute approximate surface area is 422 Å². The molecule has 0 amide bonds. The fraction of sp³-hybridized carbons (Fsp3) is 0. The van der Waals surface area contributed by atoms with Gasteiger partial charge < -0.3 is 23.7 Å². The number of nitrogens with zero attached hydrogens (tertiary/aromatic N) is 4. The molecule has 2 aromatic heterocycles. The molecule has 0 saturated heterocycles. The Hall–Kier alpha value is -9.84. The zero-order chi connectivity index (χ0) is 48.2. The van der Waals surface area contributed by atoms with Crippen LogP contribution in [0.25, 0.3) is 71.0 Å². The Bertz CT molecular complexity index is 4240. The first-order valence-corrected chi connectivity index (χ1v) is 24.8. The number of benzene rings is 12. The SMILES string of the molecule is c1ccc(N(c2ccccc2)c2cc(N(c3ccccc3)c3cccc(N(c4ccccc4)c4ccc5c6ccccc6c6oc7ccccc7c6c5c4)c3)cc(-n3c4ccccc4c4ccccc43)c2)cc1. The summed E-state index contributed by atoms with van der Waals surface area (Å²) in [5.41, 5.74) is 14.5. The Morgan fingerprint density at radius 1 is 0.247 bits per heavy atom. The van der Waals surface area contributed by atoms with E-state index in [1.807, 2.05) is 6.07 Å². The van der Waals surface area contributed by atoms with Crippen LogP contribution in [0.3, 0.4) is 0 Å². The number of aromatic nitrogens is 1. The maximum atomic E-state index is 6.69. The summed E-state index contributed by atoms with van der Waals surface area (Å²) in [6.45, 7) is 0. The van der Waals surface area contributed by atoms with E-state index in [4.69, 9.17) is 4.42 Å². The van der Waals surface area contributed by atoms with Crippen molar-refractivity contribution in [3.8, 4) is 5.69 Å². The third kappa shape index (κ3) is 7.17. The zero-order valence-electron chi connectivity index (χ0n) is 39.8. The number of anilines is 9. The predicted molar refractivity (Wildman–Crippen MR) is 307 cm³/mol. The van der Waals surface area contributed by atoms with E-state index in [1.54, 1.807) is 0 Å². The molecule has 5 nitrogen and oxygen atoms in total. The van der Waals surface area contributed by atoms with E-state index in [9.17, 15) is 0 Å². The molecule has 0 bridgehead atoms. The van der Waals surface area contributed by atoms with Crippen molar-refractivity contribution in [3.63, 3.8) is 0 Å². The summed E-state index contributed by atoms with van der Waals surface area (Å²) in [5.74, 6) is 0. The van der Waals surface area contributed by atoms with Gasteiger partial charge in [-0.2, -0.15) is 0 Å². The predicted octanol–water partition coefficient (Wildman–Crippen LogP) is 19.4. The van der Waals surface area contributed by atoms with Crippen molar-refractivity contribution in [1.82, 2.24) is 4.57 Å². The van der Waals surface area contributed by atoms with Gasteiger partial charge in [-0.3, -0.25) is 0 Å². The third-order valence-electron chi connectivity index (χ3n) is 14.2. The normalized spacial score (nSPS) is 11.6. The maximum Gasteiger partial charge on any atom is 0.143 e. The van der Waals surface area contributed by atoms with Gasteiger partial charge in [0, 0.05) is 66.7 Å². The molecule has 14 rings (SSSR count). The second kappa shape index (κ2) is 17.5. The lowest BCUT2D eigenvalue weighted by Crippen LogP contribution is -2.15. The molecule has 0 radical (unpaired) electrons. The van der Waals surface area contributed by atoms with Crippen LogP contribution in [0.2, 0.25) is 0 Å². The van der Waals surface area contributed by atoms with Gasteiger partial charge in [0.05, 0.1) is 28.1 Å². The molecule has 0 N–H and O–H groups in total. The average Bonchev–Trinajstić information content (AvgIpc) is 4.02. The lowest BCUT2D eigenvalue weighted by molar-refractivity contribution is 0.673. The summed E-state index contributed by atoms with van der Waals surface area (Å²) in [4.78, 5) is 7.14. The number of para-hydroxylation sites is 7. The highest BCUT2D eigenvalue weighted by molar-refractivity contribution is 6.30. The molecule has 0 aliphatic heterocycles. The molecule has 0 unspecified atom stereocenters. The molecule has 12 aromatic carbocycles.